The van der Waals surface area contributed by atoms with Gasteiger partial charge in [-0.25, -0.2) is 8.42 Å². The van der Waals surface area contributed by atoms with Crippen LogP contribution in [0.5, 0.6) is 0 Å². The lowest BCUT2D eigenvalue weighted by atomic mass is 10.3. The highest BCUT2D eigenvalue weighted by atomic mass is 35.5. The fourth-order valence-corrected chi connectivity index (χ4v) is 3.50. The quantitative estimate of drug-likeness (QED) is 0.779. The summed E-state index contributed by atoms with van der Waals surface area (Å²) in [6.45, 7) is 3.40. The van der Waals surface area contributed by atoms with Crippen LogP contribution in [0, 0.1) is 0 Å². The van der Waals surface area contributed by atoms with Crippen LogP contribution in [0.3, 0.4) is 0 Å². The second kappa shape index (κ2) is 5.29. The van der Waals surface area contributed by atoms with Crippen molar-refractivity contribution in [3.8, 4) is 0 Å². The molecule has 6 heteroatoms. The van der Waals surface area contributed by atoms with Crippen LogP contribution in [0.4, 0.5) is 0 Å². The molecule has 0 fully saturated rings. The highest BCUT2D eigenvalue weighted by molar-refractivity contribution is 7.92. The standard InChI is InChI=1S/C10H13ClO3S2/c1-3-7(2)16(13,14)6-8(12)9-4-5-10(11)15-9/h4-5,7H,3,6H2,1-2H3. The molecule has 1 aromatic heterocycles. The summed E-state index contributed by atoms with van der Waals surface area (Å²) in [6, 6.07) is 3.15. The van der Waals surface area contributed by atoms with Gasteiger partial charge in [0.15, 0.2) is 15.6 Å². The Kier molecular flexibility index (Phi) is 4.52. The molecule has 1 rings (SSSR count). The van der Waals surface area contributed by atoms with Crippen LogP contribution in [-0.4, -0.2) is 25.2 Å². The first kappa shape index (κ1) is 13.7. The van der Waals surface area contributed by atoms with E-state index < -0.39 is 20.8 Å². The van der Waals surface area contributed by atoms with Gasteiger partial charge in [-0.1, -0.05) is 18.5 Å². The number of ketones is 1. The first-order chi connectivity index (χ1) is 7.36. The van der Waals surface area contributed by atoms with Gasteiger partial charge >= 0.3 is 0 Å². The van der Waals surface area contributed by atoms with Crippen LogP contribution < -0.4 is 0 Å². The molecule has 1 atom stereocenters. The summed E-state index contributed by atoms with van der Waals surface area (Å²) in [4.78, 5) is 12.1. The molecular formula is C10H13ClO3S2. The molecule has 0 amide bonds. The molecule has 1 aromatic rings. The second-order valence-electron chi connectivity index (χ2n) is 3.55. The van der Waals surface area contributed by atoms with Gasteiger partial charge in [-0.05, 0) is 25.5 Å². The van der Waals surface area contributed by atoms with Gasteiger partial charge < -0.3 is 0 Å². The van der Waals surface area contributed by atoms with Crippen molar-refractivity contribution >= 4 is 38.6 Å². The van der Waals surface area contributed by atoms with Crippen LogP contribution in [0.15, 0.2) is 12.1 Å². The van der Waals surface area contributed by atoms with E-state index in [9.17, 15) is 13.2 Å². The first-order valence-electron chi connectivity index (χ1n) is 4.87. The number of carbonyl (C=O) groups excluding carboxylic acids is 1. The van der Waals surface area contributed by atoms with E-state index in [0.29, 0.717) is 15.6 Å². The average Bonchev–Trinajstić information content (AvgIpc) is 2.63. The molecule has 1 heterocycles. The average molecular weight is 281 g/mol. The molecule has 0 aliphatic carbocycles. The SMILES string of the molecule is CCC(C)S(=O)(=O)CC(=O)c1ccc(Cl)s1. The number of sulfone groups is 1. The molecule has 0 bridgehead atoms. The molecule has 1 unspecified atom stereocenters. The Hall–Kier alpha value is -0.390. The Morgan fingerprint density at radius 1 is 1.50 bits per heavy atom. The van der Waals surface area contributed by atoms with Crippen molar-refractivity contribution in [1.29, 1.82) is 0 Å². The third-order valence-corrected chi connectivity index (χ3v) is 5.86. The molecule has 0 saturated heterocycles. The summed E-state index contributed by atoms with van der Waals surface area (Å²) in [5.74, 6) is -0.809. The molecular weight excluding hydrogens is 268 g/mol. The van der Waals surface area contributed by atoms with Crippen LogP contribution >= 0.6 is 22.9 Å². The van der Waals surface area contributed by atoms with Gasteiger partial charge in [0.2, 0.25) is 0 Å². The van der Waals surface area contributed by atoms with Crippen LogP contribution in [0.25, 0.3) is 0 Å². The normalized spacial score (nSPS) is 13.7. The minimum absolute atomic E-state index is 0.378. The number of carbonyl (C=O) groups is 1. The largest absolute Gasteiger partial charge is 0.292 e. The third-order valence-electron chi connectivity index (χ3n) is 2.37. The third kappa shape index (κ3) is 3.30. The maximum Gasteiger partial charge on any atom is 0.187 e. The van der Waals surface area contributed by atoms with Gasteiger partial charge in [-0.2, -0.15) is 0 Å². The van der Waals surface area contributed by atoms with Gasteiger partial charge in [0.05, 0.1) is 14.5 Å². The number of hydrogen-bond donors (Lipinski definition) is 0. The number of hydrogen-bond acceptors (Lipinski definition) is 4. The summed E-state index contributed by atoms with van der Waals surface area (Å²) >= 11 is 6.79. The molecule has 0 radical (unpaired) electrons. The summed E-state index contributed by atoms with van der Waals surface area (Å²) in [6.07, 6.45) is 0.515. The summed E-state index contributed by atoms with van der Waals surface area (Å²) in [7, 11) is -3.33. The Bertz CT molecular complexity index is 476. The highest BCUT2D eigenvalue weighted by Gasteiger charge is 2.24. The topological polar surface area (TPSA) is 51.2 Å². The van der Waals surface area contributed by atoms with E-state index >= 15 is 0 Å². The maximum absolute atomic E-state index is 11.7. The van der Waals surface area contributed by atoms with Crippen LogP contribution in [-0.2, 0) is 9.84 Å². The molecule has 3 nitrogen and oxygen atoms in total. The number of thiophene rings is 1. The molecule has 0 aliphatic heterocycles. The Morgan fingerprint density at radius 3 is 2.56 bits per heavy atom. The molecule has 16 heavy (non-hydrogen) atoms. The molecule has 0 aromatic carbocycles. The lowest BCUT2D eigenvalue weighted by molar-refractivity contribution is 0.102. The Balaban J connectivity index is 2.79. The number of halogens is 1. The second-order valence-corrected chi connectivity index (χ2v) is 7.69. The smallest absolute Gasteiger partial charge is 0.187 e. The molecule has 90 valence electrons. The zero-order valence-electron chi connectivity index (χ0n) is 9.07. The molecule has 0 spiro atoms. The van der Waals surface area contributed by atoms with Crippen LogP contribution in [0.2, 0.25) is 4.34 Å². The minimum atomic E-state index is -3.33. The lowest BCUT2D eigenvalue weighted by Gasteiger charge is -2.08. The number of Topliss-reactive ketones (excluding diaryl/α,β-unsaturated/α-hetero) is 1. The minimum Gasteiger partial charge on any atom is -0.292 e. The van der Waals surface area contributed by atoms with E-state index in [0.717, 1.165) is 11.3 Å². The summed E-state index contributed by atoms with van der Waals surface area (Å²) in [5, 5.41) is -0.480. The number of rotatable bonds is 5. The van der Waals surface area contributed by atoms with Gasteiger partial charge in [-0.3, -0.25) is 4.79 Å². The first-order valence-corrected chi connectivity index (χ1v) is 7.78. The van der Waals surface area contributed by atoms with E-state index in [1.54, 1.807) is 26.0 Å². The predicted molar refractivity (Wildman–Crippen MR) is 67.2 cm³/mol. The fourth-order valence-electron chi connectivity index (χ4n) is 1.11. The molecule has 0 aliphatic rings. The fraction of sp³-hybridized carbons (Fsp3) is 0.500. The maximum atomic E-state index is 11.7. The van der Waals surface area contributed by atoms with Crippen LogP contribution in [0.1, 0.15) is 29.9 Å². The van der Waals surface area contributed by atoms with Crippen molar-refractivity contribution in [3.05, 3.63) is 21.3 Å². The van der Waals surface area contributed by atoms with Crippen molar-refractivity contribution in [3.63, 3.8) is 0 Å². The van der Waals surface area contributed by atoms with Crippen molar-refractivity contribution in [2.45, 2.75) is 25.5 Å². The van der Waals surface area contributed by atoms with Crippen molar-refractivity contribution in [1.82, 2.24) is 0 Å². The lowest BCUT2D eigenvalue weighted by Crippen LogP contribution is -2.24. The Labute approximate surface area is 104 Å². The monoisotopic (exact) mass is 280 g/mol. The van der Waals surface area contributed by atoms with Crippen molar-refractivity contribution < 1.29 is 13.2 Å². The summed E-state index contributed by atoms with van der Waals surface area (Å²) < 4.78 is 23.9. The van der Waals surface area contributed by atoms with Gasteiger partial charge in [0.1, 0.15) is 5.75 Å². The van der Waals surface area contributed by atoms with Gasteiger partial charge in [-0.15, -0.1) is 11.3 Å². The van der Waals surface area contributed by atoms with E-state index in [1.807, 2.05) is 0 Å². The molecule has 0 saturated carbocycles. The van der Waals surface area contributed by atoms with E-state index in [4.69, 9.17) is 11.6 Å². The zero-order valence-corrected chi connectivity index (χ0v) is 11.5. The Morgan fingerprint density at radius 2 is 2.12 bits per heavy atom. The molecule has 0 N–H and O–H groups in total. The predicted octanol–water partition coefficient (Wildman–Crippen LogP) is 2.80. The van der Waals surface area contributed by atoms with E-state index in [2.05, 4.69) is 0 Å². The summed E-state index contributed by atoms with van der Waals surface area (Å²) in [5.41, 5.74) is 0. The van der Waals surface area contributed by atoms with Gasteiger partial charge in [0.25, 0.3) is 0 Å². The highest BCUT2D eigenvalue weighted by Crippen LogP contribution is 2.22. The van der Waals surface area contributed by atoms with Gasteiger partial charge in [0, 0.05) is 0 Å². The van der Waals surface area contributed by atoms with E-state index in [1.165, 1.54) is 0 Å². The van der Waals surface area contributed by atoms with E-state index in [-0.39, 0.29) is 5.78 Å². The van der Waals surface area contributed by atoms with Crippen molar-refractivity contribution in [2.24, 2.45) is 0 Å². The zero-order chi connectivity index (χ0) is 12.3. The van der Waals surface area contributed by atoms with Crippen molar-refractivity contribution in [2.75, 3.05) is 5.75 Å².